The Balaban J connectivity index is 2.84. The first-order chi connectivity index (χ1) is 7.30. The summed E-state index contributed by atoms with van der Waals surface area (Å²) in [5, 5.41) is 5.00. The predicted molar refractivity (Wildman–Crippen MR) is 59.3 cm³/mol. The Morgan fingerprint density at radius 3 is 2.25 bits per heavy atom. The average molecular weight is 224 g/mol. The van der Waals surface area contributed by atoms with E-state index >= 15 is 0 Å². The van der Waals surface area contributed by atoms with Crippen molar-refractivity contribution in [1.82, 2.24) is 9.78 Å². The molecule has 0 aliphatic rings. The van der Waals surface area contributed by atoms with Gasteiger partial charge in [0.1, 0.15) is 0 Å². The maximum absolute atomic E-state index is 13.2. The van der Waals surface area contributed by atoms with E-state index < -0.39 is 11.6 Å². The highest BCUT2D eigenvalue weighted by Crippen LogP contribution is 2.30. The minimum absolute atomic E-state index is 0.191. The zero-order chi connectivity index (χ0) is 12.1. The highest BCUT2D eigenvalue weighted by molar-refractivity contribution is 5.83. The van der Waals surface area contributed by atoms with Crippen molar-refractivity contribution >= 4 is 10.9 Å². The lowest BCUT2D eigenvalue weighted by molar-refractivity contribution is 0.510. The van der Waals surface area contributed by atoms with Crippen LogP contribution in [-0.4, -0.2) is 9.78 Å². The Hall–Kier alpha value is -1.45. The number of rotatable bonds is 0. The molecule has 4 heteroatoms. The smallest absolute Gasteiger partial charge is 0.161 e. The van der Waals surface area contributed by atoms with Crippen LogP contribution in [0.1, 0.15) is 26.5 Å². The van der Waals surface area contributed by atoms with Crippen molar-refractivity contribution in [3.8, 4) is 0 Å². The summed E-state index contributed by atoms with van der Waals surface area (Å²) in [7, 11) is 1.73. The Morgan fingerprint density at radius 1 is 1.12 bits per heavy atom. The van der Waals surface area contributed by atoms with Crippen LogP contribution in [0.15, 0.2) is 12.1 Å². The van der Waals surface area contributed by atoms with Gasteiger partial charge in [-0.25, -0.2) is 8.78 Å². The van der Waals surface area contributed by atoms with Crippen molar-refractivity contribution in [2.75, 3.05) is 0 Å². The molecule has 1 heterocycles. The van der Waals surface area contributed by atoms with Crippen LogP contribution in [0.2, 0.25) is 0 Å². The third-order valence-corrected chi connectivity index (χ3v) is 2.60. The Bertz CT molecular complexity index is 550. The van der Waals surface area contributed by atoms with E-state index in [1.54, 1.807) is 11.7 Å². The molecule has 1 aromatic carbocycles. The summed E-state index contributed by atoms with van der Waals surface area (Å²) in [6, 6.07) is 2.41. The van der Waals surface area contributed by atoms with Gasteiger partial charge in [-0.2, -0.15) is 5.10 Å². The summed E-state index contributed by atoms with van der Waals surface area (Å²) >= 11 is 0. The average Bonchev–Trinajstić information content (AvgIpc) is 2.45. The summed E-state index contributed by atoms with van der Waals surface area (Å²) < 4.78 is 27.9. The molecule has 0 unspecified atom stereocenters. The summed E-state index contributed by atoms with van der Waals surface area (Å²) in [6.07, 6.45) is 0. The SMILES string of the molecule is Cn1nc(C(C)(C)C)c2cc(F)c(F)cc21. The molecular weight excluding hydrogens is 210 g/mol. The summed E-state index contributed by atoms with van der Waals surface area (Å²) in [6.45, 7) is 5.99. The van der Waals surface area contributed by atoms with Crippen LogP contribution in [0.5, 0.6) is 0 Å². The van der Waals surface area contributed by atoms with Gasteiger partial charge in [0, 0.05) is 23.9 Å². The van der Waals surface area contributed by atoms with Gasteiger partial charge in [0.2, 0.25) is 0 Å². The van der Waals surface area contributed by atoms with Gasteiger partial charge >= 0.3 is 0 Å². The fourth-order valence-corrected chi connectivity index (χ4v) is 1.81. The zero-order valence-electron chi connectivity index (χ0n) is 9.81. The lowest BCUT2D eigenvalue weighted by atomic mass is 9.90. The number of halogens is 2. The van der Waals surface area contributed by atoms with Crippen LogP contribution in [0.4, 0.5) is 8.78 Å². The number of aromatic nitrogens is 2. The quantitative estimate of drug-likeness (QED) is 0.672. The maximum Gasteiger partial charge on any atom is 0.161 e. The number of hydrogen-bond donors (Lipinski definition) is 0. The van der Waals surface area contributed by atoms with E-state index in [1.165, 1.54) is 12.1 Å². The largest absolute Gasteiger partial charge is 0.268 e. The van der Waals surface area contributed by atoms with Crippen molar-refractivity contribution in [3.05, 3.63) is 29.5 Å². The first-order valence-electron chi connectivity index (χ1n) is 5.13. The molecule has 0 saturated carbocycles. The first kappa shape index (κ1) is 11.0. The molecule has 2 aromatic rings. The molecule has 0 fully saturated rings. The van der Waals surface area contributed by atoms with Crippen LogP contribution in [-0.2, 0) is 12.5 Å². The fourth-order valence-electron chi connectivity index (χ4n) is 1.81. The topological polar surface area (TPSA) is 17.8 Å². The van der Waals surface area contributed by atoms with Gasteiger partial charge in [0.05, 0.1) is 11.2 Å². The van der Waals surface area contributed by atoms with E-state index in [9.17, 15) is 8.78 Å². The molecule has 0 aliphatic heterocycles. The molecule has 2 rings (SSSR count). The minimum Gasteiger partial charge on any atom is -0.268 e. The van der Waals surface area contributed by atoms with Gasteiger partial charge in [-0.05, 0) is 6.07 Å². The minimum atomic E-state index is -0.837. The molecule has 0 saturated heterocycles. The summed E-state index contributed by atoms with van der Waals surface area (Å²) in [4.78, 5) is 0. The molecular formula is C12H14F2N2. The van der Waals surface area contributed by atoms with Gasteiger partial charge in [-0.15, -0.1) is 0 Å². The highest BCUT2D eigenvalue weighted by Gasteiger charge is 2.22. The van der Waals surface area contributed by atoms with E-state index in [1.807, 2.05) is 20.8 Å². The van der Waals surface area contributed by atoms with Crippen molar-refractivity contribution in [2.24, 2.45) is 7.05 Å². The monoisotopic (exact) mass is 224 g/mol. The molecule has 0 N–H and O–H groups in total. The van der Waals surface area contributed by atoms with Crippen molar-refractivity contribution in [2.45, 2.75) is 26.2 Å². The molecule has 0 spiro atoms. The fraction of sp³-hybridized carbons (Fsp3) is 0.417. The van der Waals surface area contributed by atoms with Crippen LogP contribution in [0.25, 0.3) is 10.9 Å². The second-order valence-corrected chi connectivity index (χ2v) is 5.01. The Labute approximate surface area is 92.9 Å². The van der Waals surface area contributed by atoms with E-state index in [0.717, 1.165) is 5.69 Å². The molecule has 86 valence electrons. The van der Waals surface area contributed by atoms with Crippen molar-refractivity contribution in [3.63, 3.8) is 0 Å². The third-order valence-electron chi connectivity index (χ3n) is 2.60. The summed E-state index contributed by atoms with van der Waals surface area (Å²) in [5.74, 6) is -1.66. The van der Waals surface area contributed by atoms with Gasteiger partial charge in [0.15, 0.2) is 11.6 Å². The number of hydrogen-bond acceptors (Lipinski definition) is 1. The van der Waals surface area contributed by atoms with E-state index in [4.69, 9.17) is 0 Å². The van der Waals surface area contributed by atoms with Gasteiger partial charge in [-0.1, -0.05) is 20.8 Å². The van der Waals surface area contributed by atoms with Gasteiger partial charge in [-0.3, -0.25) is 4.68 Å². The number of fused-ring (bicyclic) bond motifs is 1. The number of aryl methyl sites for hydroxylation is 1. The van der Waals surface area contributed by atoms with E-state index in [2.05, 4.69) is 5.10 Å². The molecule has 0 bridgehead atoms. The first-order valence-corrected chi connectivity index (χ1v) is 5.13. The Morgan fingerprint density at radius 2 is 1.69 bits per heavy atom. The second kappa shape index (κ2) is 3.27. The molecule has 0 amide bonds. The van der Waals surface area contributed by atoms with Crippen LogP contribution in [0.3, 0.4) is 0 Å². The van der Waals surface area contributed by atoms with Gasteiger partial charge < -0.3 is 0 Å². The third kappa shape index (κ3) is 1.58. The number of benzene rings is 1. The molecule has 0 atom stereocenters. The van der Waals surface area contributed by atoms with Crippen LogP contribution < -0.4 is 0 Å². The highest BCUT2D eigenvalue weighted by atomic mass is 19.2. The van der Waals surface area contributed by atoms with Crippen molar-refractivity contribution in [1.29, 1.82) is 0 Å². The molecule has 16 heavy (non-hydrogen) atoms. The van der Waals surface area contributed by atoms with Crippen LogP contribution in [0, 0.1) is 11.6 Å². The number of nitrogens with zero attached hydrogens (tertiary/aromatic N) is 2. The Kier molecular flexibility index (Phi) is 2.26. The lowest BCUT2D eigenvalue weighted by Gasteiger charge is -2.15. The van der Waals surface area contributed by atoms with Crippen LogP contribution >= 0.6 is 0 Å². The zero-order valence-corrected chi connectivity index (χ0v) is 9.81. The normalized spacial score (nSPS) is 12.4. The molecule has 1 aromatic heterocycles. The second-order valence-electron chi connectivity index (χ2n) is 5.01. The predicted octanol–water partition coefficient (Wildman–Crippen LogP) is 3.15. The molecule has 0 aliphatic carbocycles. The standard InChI is InChI=1S/C12H14F2N2/c1-12(2,3)11-7-5-8(13)9(14)6-10(7)16(4)15-11/h5-6H,1-4H3. The van der Waals surface area contributed by atoms with Gasteiger partial charge in [0.25, 0.3) is 0 Å². The lowest BCUT2D eigenvalue weighted by Crippen LogP contribution is -2.12. The molecule has 0 radical (unpaired) electrons. The van der Waals surface area contributed by atoms with E-state index in [-0.39, 0.29) is 5.41 Å². The van der Waals surface area contributed by atoms with E-state index in [0.29, 0.717) is 10.9 Å². The molecule has 2 nitrogen and oxygen atoms in total. The van der Waals surface area contributed by atoms with Crippen molar-refractivity contribution < 1.29 is 8.78 Å². The summed E-state index contributed by atoms with van der Waals surface area (Å²) in [5.41, 5.74) is 1.21. The maximum atomic E-state index is 13.2.